The van der Waals surface area contributed by atoms with Gasteiger partial charge in [-0.05, 0) is 12.1 Å². The van der Waals surface area contributed by atoms with E-state index in [1.165, 1.54) is 0 Å². The number of hydrogen-bond acceptors (Lipinski definition) is 7. The molecule has 9 heteroatoms. The SMILES string of the molecule is CN(C)c1ccc([N+]([O-])=Cc2cc(=O)c(OS(C)(=O)=O)co2)cc1. The molecule has 0 aliphatic carbocycles. The molecule has 0 saturated carbocycles. The largest absolute Gasteiger partial charge is 0.618 e. The summed E-state index contributed by atoms with van der Waals surface area (Å²) in [5.74, 6) is -0.505. The van der Waals surface area contributed by atoms with Gasteiger partial charge in [-0.2, -0.15) is 13.2 Å². The molecule has 0 atom stereocenters. The molecule has 0 aliphatic heterocycles. The summed E-state index contributed by atoms with van der Waals surface area (Å²) in [6.07, 6.45) is 2.72. The number of anilines is 1. The molecule has 2 aromatic rings. The predicted molar refractivity (Wildman–Crippen MR) is 89.7 cm³/mol. The second-order valence-corrected chi connectivity index (χ2v) is 6.74. The summed E-state index contributed by atoms with van der Waals surface area (Å²) in [5, 5.41) is 12.1. The number of nitrogens with zero attached hydrogens (tertiary/aromatic N) is 2. The standard InChI is InChI=1S/C15H16N2O6S/c1-16(2)11-4-6-12(7-5-11)17(19)9-13-8-14(18)15(10-22-13)23-24(3,20)21/h4-10H,1-3H3. The van der Waals surface area contributed by atoms with Gasteiger partial charge in [-0.25, -0.2) is 0 Å². The highest BCUT2D eigenvalue weighted by Gasteiger charge is 2.11. The minimum Gasteiger partial charge on any atom is -0.618 e. The minimum atomic E-state index is -3.84. The Bertz CT molecular complexity index is 914. The van der Waals surface area contributed by atoms with Crippen LogP contribution in [-0.4, -0.2) is 39.7 Å². The monoisotopic (exact) mass is 352 g/mol. The summed E-state index contributed by atoms with van der Waals surface area (Å²) in [6.45, 7) is 0. The zero-order valence-corrected chi connectivity index (χ0v) is 14.1. The van der Waals surface area contributed by atoms with Crippen molar-refractivity contribution >= 4 is 27.7 Å². The summed E-state index contributed by atoms with van der Waals surface area (Å²) in [5.41, 5.74) is 0.565. The smallest absolute Gasteiger partial charge is 0.306 e. The van der Waals surface area contributed by atoms with Gasteiger partial charge in [-0.1, -0.05) is 0 Å². The molecule has 0 fully saturated rings. The van der Waals surface area contributed by atoms with Crippen LogP contribution in [0.3, 0.4) is 0 Å². The molecular weight excluding hydrogens is 336 g/mol. The first-order chi connectivity index (χ1) is 11.2. The van der Waals surface area contributed by atoms with Crippen molar-refractivity contribution in [2.45, 2.75) is 0 Å². The van der Waals surface area contributed by atoms with Gasteiger partial charge in [0.25, 0.3) is 0 Å². The van der Waals surface area contributed by atoms with Crippen molar-refractivity contribution in [1.29, 1.82) is 0 Å². The number of hydrogen-bond donors (Lipinski definition) is 0. The van der Waals surface area contributed by atoms with Crippen molar-refractivity contribution in [3.8, 4) is 5.75 Å². The third-order valence-electron chi connectivity index (χ3n) is 2.92. The van der Waals surface area contributed by atoms with Crippen LogP contribution in [0, 0.1) is 5.21 Å². The zero-order valence-electron chi connectivity index (χ0n) is 13.3. The average molecular weight is 352 g/mol. The zero-order chi connectivity index (χ0) is 17.9. The maximum absolute atomic E-state index is 12.1. The Morgan fingerprint density at radius 3 is 2.38 bits per heavy atom. The average Bonchev–Trinajstić information content (AvgIpc) is 2.49. The highest BCUT2D eigenvalue weighted by molar-refractivity contribution is 7.86. The van der Waals surface area contributed by atoms with Crippen molar-refractivity contribution in [2.75, 3.05) is 25.3 Å². The molecule has 0 saturated heterocycles. The van der Waals surface area contributed by atoms with Gasteiger partial charge in [0.2, 0.25) is 23.1 Å². The van der Waals surface area contributed by atoms with E-state index in [0.717, 1.165) is 30.5 Å². The molecule has 8 nitrogen and oxygen atoms in total. The lowest BCUT2D eigenvalue weighted by molar-refractivity contribution is -0.354. The van der Waals surface area contributed by atoms with Crippen molar-refractivity contribution in [2.24, 2.45) is 0 Å². The topological polar surface area (TPSA) is 103 Å². The first-order valence-corrected chi connectivity index (χ1v) is 8.58. The van der Waals surface area contributed by atoms with Crippen LogP contribution in [0.1, 0.15) is 5.76 Å². The van der Waals surface area contributed by atoms with Gasteiger partial charge in [0.05, 0.1) is 6.26 Å². The summed E-state index contributed by atoms with van der Waals surface area (Å²) in [4.78, 5) is 13.7. The molecule has 0 unspecified atom stereocenters. The van der Waals surface area contributed by atoms with E-state index in [-0.39, 0.29) is 5.76 Å². The molecular formula is C15H16N2O6S. The molecule has 128 valence electrons. The van der Waals surface area contributed by atoms with E-state index in [0.29, 0.717) is 10.4 Å². The van der Waals surface area contributed by atoms with E-state index in [4.69, 9.17) is 4.42 Å². The predicted octanol–water partition coefficient (Wildman–Crippen LogP) is 1.31. The molecule has 0 spiro atoms. The van der Waals surface area contributed by atoms with Gasteiger partial charge in [0, 0.05) is 38.0 Å². The molecule has 1 heterocycles. The normalized spacial score (nSPS) is 12.0. The van der Waals surface area contributed by atoms with Gasteiger partial charge in [-0.3, -0.25) is 4.79 Å². The van der Waals surface area contributed by atoms with Crippen molar-refractivity contribution < 1.29 is 21.8 Å². The highest BCUT2D eigenvalue weighted by atomic mass is 32.2. The van der Waals surface area contributed by atoms with E-state index in [9.17, 15) is 18.4 Å². The van der Waals surface area contributed by atoms with Gasteiger partial charge in [0.1, 0.15) is 6.26 Å². The van der Waals surface area contributed by atoms with Crippen LogP contribution in [0.2, 0.25) is 0 Å². The first-order valence-electron chi connectivity index (χ1n) is 6.76. The Labute approximate surface area is 138 Å². The fraction of sp³-hybridized carbons (Fsp3) is 0.200. The molecule has 0 amide bonds. The van der Waals surface area contributed by atoms with Gasteiger partial charge >= 0.3 is 10.1 Å². The Kier molecular flexibility index (Phi) is 4.93. The second-order valence-electron chi connectivity index (χ2n) is 5.16. The second kappa shape index (κ2) is 6.75. The van der Waals surface area contributed by atoms with Crippen LogP contribution in [0.25, 0.3) is 0 Å². The highest BCUT2D eigenvalue weighted by Crippen LogP contribution is 2.17. The first kappa shape index (κ1) is 17.5. The fourth-order valence-electron chi connectivity index (χ4n) is 1.79. The van der Waals surface area contributed by atoms with Crippen LogP contribution in [-0.2, 0) is 10.1 Å². The summed E-state index contributed by atoms with van der Waals surface area (Å²) in [7, 11) is -0.0764. The lowest BCUT2D eigenvalue weighted by Gasteiger charge is -2.12. The number of benzene rings is 1. The van der Waals surface area contributed by atoms with E-state index >= 15 is 0 Å². The Hall–Kier alpha value is -2.81. The Morgan fingerprint density at radius 2 is 1.88 bits per heavy atom. The number of rotatable bonds is 5. The van der Waals surface area contributed by atoms with Gasteiger partial charge in [-0.15, -0.1) is 0 Å². The van der Waals surface area contributed by atoms with Crippen molar-refractivity contribution in [3.63, 3.8) is 0 Å². The van der Waals surface area contributed by atoms with Crippen LogP contribution >= 0.6 is 0 Å². The summed E-state index contributed by atoms with van der Waals surface area (Å²) >= 11 is 0. The third-order valence-corrected chi connectivity index (χ3v) is 3.41. The maximum Gasteiger partial charge on any atom is 0.306 e. The molecule has 0 N–H and O–H groups in total. The summed E-state index contributed by atoms with van der Waals surface area (Å²) < 4.78 is 32.1. The molecule has 1 aromatic heterocycles. The quantitative estimate of drug-likeness (QED) is 0.263. The van der Waals surface area contributed by atoms with Crippen LogP contribution in [0.5, 0.6) is 5.75 Å². The fourth-order valence-corrected chi connectivity index (χ4v) is 2.24. The molecule has 2 rings (SSSR count). The molecule has 1 aromatic carbocycles. The molecule has 0 radical (unpaired) electrons. The van der Waals surface area contributed by atoms with E-state index in [1.54, 1.807) is 24.3 Å². The van der Waals surface area contributed by atoms with Crippen LogP contribution in [0.4, 0.5) is 11.4 Å². The molecule has 0 aliphatic rings. The van der Waals surface area contributed by atoms with Crippen molar-refractivity contribution in [3.05, 3.63) is 57.8 Å². The minimum absolute atomic E-state index is 0.0347. The summed E-state index contributed by atoms with van der Waals surface area (Å²) in [6, 6.07) is 7.76. The Morgan fingerprint density at radius 1 is 1.25 bits per heavy atom. The van der Waals surface area contributed by atoms with Crippen LogP contribution < -0.4 is 14.5 Å². The van der Waals surface area contributed by atoms with Crippen molar-refractivity contribution in [1.82, 2.24) is 0 Å². The van der Waals surface area contributed by atoms with Crippen LogP contribution in [0.15, 0.2) is 45.8 Å². The maximum atomic E-state index is 12.1. The van der Waals surface area contributed by atoms with E-state index in [1.807, 2.05) is 19.0 Å². The van der Waals surface area contributed by atoms with Gasteiger partial charge in [0.15, 0.2) is 5.76 Å². The van der Waals surface area contributed by atoms with E-state index < -0.39 is 21.3 Å². The lowest BCUT2D eigenvalue weighted by atomic mass is 10.2. The molecule has 0 bridgehead atoms. The third kappa shape index (κ3) is 4.59. The lowest BCUT2D eigenvalue weighted by Crippen LogP contribution is -2.13. The van der Waals surface area contributed by atoms with E-state index in [2.05, 4.69) is 4.18 Å². The van der Waals surface area contributed by atoms with Gasteiger partial charge < -0.3 is 18.7 Å². The Balaban J connectivity index is 2.27. The molecule has 24 heavy (non-hydrogen) atoms.